The lowest BCUT2D eigenvalue weighted by Crippen LogP contribution is -2.13. The van der Waals surface area contributed by atoms with E-state index in [0.29, 0.717) is 49.8 Å². The summed E-state index contributed by atoms with van der Waals surface area (Å²) >= 11 is 1.18. The second kappa shape index (κ2) is 11.7. The fraction of sp³-hybridized carbons (Fsp3) is 0.100. The molecule has 0 aliphatic heterocycles. The summed E-state index contributed by atoms with van der Waals surface area (Å²) in [7, 11) is -1.93. The Labute approximate surface area is 245 Å². The smallest absolute Gasteiger partial charge is 0.255 e. The number of rotatable bonds is 10. The Hall–Kier alpha value is -4.55. The van der Waals surface area contributed by atoms with Crippen molar-refractivity contribution in [1.29, 1.82) is 0 Å². The number of hydrogen-bond donors (Lipinski definition) is 3. The topological polar surface area (TPSA) is 105 Å². The minimum absolute atomic E-state index is 0.00808. The summed E-state index contributed by atoms with van der Waals surface area (Å²) in [5.74, 6) is -0.848. The van der Waals surface area contributed by atoms with Crippen LogP contribution in [0.5, 0.6) is 5.75 Å². The van der Waals surface area contributed by atoms with Crippen LogP contribution in [0.1, 0.15) is 11.3 Å². The molecule has 8 nitrogen and oxygen atoms in total. The molecule has 0 radical (unpaired) electrons. The normalized spacial score (nSPS) is 11.4. The molecule has 0 aliphatic rings. The molecule has 5 aromatic rings. The lowest BCUT2D eigenvalue weighted by Gasteiger charge is -2.16. The van der Waals surface area contributed by atoms with E-state index >= 15 is 0 Å². The molecule has 0 spiro atoms. The van der Waals surface area contributed by atoms with Gasteiger partial charge in [0.15, 0.2) is 0 Å². The van der Waals surface area contributed by atoms with Crippen LogP contribution in [0.4, 0.5) is 14.5 Å². The van der Waals surface area contributed by atoms with E-state index in [2.05, 4.69) is 21.0 Å². The van der Waals surface area contributed by atoms with E-state index in [9.17, 15) is 22.0 Å². The molecule has 0 fully saturated rings. The van der Waals surface area contributed by atoms with E-state index in [4.69, 9.17) is 4.74 Å². The highest BCUT2D eigenvalue weighted by Crippen LogP contribution is 2.39. The van der Waals surface area contributed by atoms with E-state index < -0.39 is 21.7 Å². The highest BCUT2D eigenvalue weighted by Gasteiger charge is 2.24. The molecule has 2 aromatic heterocycles. The van der Waals surface area contributed by atoms with Gasteiger partial charge in [0.25, 0.3) is 5.56 Å². The number of anilines is 1. The Bertz CT molecular complexity index is 1990. The van der Waals surface area contributed by atoms with Crippen molar-refractivity contribution in [2.24, 2.45) is 0 Å². The average molecular weight is 609 g/mol. The molecule has 42 heavy (non-hydrogen) atoms. The zero-order chi connectivity index (χ0) is 30.0. The zero-order valence-electron chi connectivity index (χ0n) is 22.6. The van der Waals surface area contributed by atoms with E-state index in [1.54, 1.807) is 54.6 Å². The monoisotopic (exact) mass is 608 g/mol. The Morgan fingerprint density at radius 1 is 1.07 bits per heavy atom. The van der Waals surface area contributed by atoms with Gasteiger partial charge in [0.05, 0.1) is 31.3 Å². The van der Waals surface area contributed by atoms with E-state index in [1.165, 1.54) is 37.4 Å². The Morgan fingerprint density at radius 3 is 2.60 bits per heavy atom. The maximum Gasteiger partial charge on any atom is 0.255 e. The molecule has 0 saturated heterocycles. The first kappa shape index (κ1) is 29.0. The number of H-pyrrole nitrogens is 1. The minimum Gasteiger partial charge on any atom is -0.497 e. The maximum absolute atomic E-state index is 14.9. The number of hydrogen-bond acceptors (Lipinski definition) is 6. The van der Waals surface area contributed by atoms with Gasteiger partial charge in [-0.15, -0.1) is 0 Å². The number of nitrogens with zero attached hydrogens (tertiary/aromatic N) is 1. The molecule has 12 heteroatoms. The van der Waals surface area contributed by atoms with E-state index in [-0.39, 0.29) is 17.7 Å². The third-order valence-corrected chi connectivity index (χ3v) is 7.86. The predicted molar refractivity (Wildman–Crippen MR) is 163 cm³/mol. The predicted octanol–water partition coefficient (Wildman–Crippen LogP) is 5.97. The van der Waals surface area contributed by atoms with Crippen molar-refractivity contribution in [1.82, 2.24) is 14.3 Å². The first-order valence-corrected chi connectivity index (χ1v) is 15.3. The van der Waals surface area contributed by atoms with Gasteiger partial charge in [0, 0.05) is 50.4 Å². The number of benzene rings is 3. The number of fused-ring (bicyclic) bond motifs is 1. The number of nitrogens with one attached hydrogen (secondary N) is 3. The molecule has 5 rings (SSSR count). The first-order chi connectivity index (χ1) is 20.0. The standard InChI is InChI=1S/C30H26F2N4O4S2/c1-18(34-41-23-7-4-6-21(15-23)35-42(3,38)39)29-28(24-8-5-13-33-30(24)37)25-16-22(40-2)11-12-27(25)36(29)17-19-9-10-20(31)14-26(19)32/h4-16,34-35H,1,17H2,2-3H3,(H,33,37). The lowest BCUT2D eigenvalue weighted by atomic mass is 10.0. The molecule has 3 aromatic carbocycles. The summed E-state index contributed by atoms with van der Waals surface area (Å²) in [5, 5.41) is 0.663. The van der Waals surface area contributed by atoms with E-state index in [1.807, 2.05) is 4.57 Å². The molecule has 2 heterocycles. The van der Waals surface area contributed by atoms with Crippen molar-refractivity contribution < 1.29 is 21.9 Å². The van der Waals surface area contributed by atoms with Crippen LogP contribution in [0.2, 0.25) is 0 Å². The zero-order valence-corrected chi connectivity index (χ0v) is 24.2. The number of ether oxygens (including phenoxy) is 1. The summed E-state index contributed by atoms with van der Waals surface area (Å²) in [6.45, 7) is 4.26. The quantitative estimate of drug-likeness (QED) is 0.169. The van der Waals surface area contributed by atoms with Crippen molar-refractivity contribution in [3.8, 4) is 16.9 Å². The second-order valence-electron chi connectivity index (χ2n) is 9.43. The Balaban J connectivity index is 1.66. The molecule has 0 aliphatic carbocycles. The van der Waals surface area contributed by atoms with Crippen LogP contribution < -0.4 is 19.7 Å². The van der Waals surface area contributed by atoms with Crippen molar-refractivity contribution in [2.75, 3.05) is 18.1 Å². The van der Waals surface area contributed by atoms with Crippen LogP contribution in [0.3, 0.4) is 0 Å². The summed E-state index contributed by atoms with van der Waals surface area (Å²) < 4.78 is 64.9. The van der Waals surface area contributed by atoms with Crippen molar-refractivity contribution in [2.45, 2.75) is 11.4 Å². The van der Waals surface area contributed by atoms with Crippen LogP contribution in [-0.2, 0) is 16.6 Å². The summed E-state index contributed by atoms with van der Waals surface area (Å²) in [5.41, 5.74) is 2.73. The van der Waals surface area contributed by atoms with Gasteiger partial charge in [-0.25, -0.2) is 17.2 Å². The molecule has 0 unspecified atom stereocenters. The van der Waals surface area contributed by atoms with Crippen LogP contribution in [0.15, 0.2) is 95.3 Å². The van der Waals surface area contributed by atoms with Gasteiger partial charge in [-0.2, -0.15) is 0 Å². The number of aromatic amines is 1. The molecule has 3 N–H and O–H groups in total. The average Bonchev–Trinajstić information content (AvgIpc) is 3.25. The summed E-state index contributed by atoms with van der Waals surface area (Å²) in [4.78, 5) is 16.5. The molecule has 0 amide bonds. The molecule has 0 bridgehead atoms. The van der Waals surface area contributed by atoms with Crippen molar-refractivity contribution in [3.63, 3.8) is 0 Å². The van der Waals surface area contributed by atoms with Crippen LogP contribution in [-0.4, -0.2) is 31.3 Å². The number of aromatic nitrogens is 2. The van der Waals surface area contributed by atoms with Gasteiger partial charge >= 0.3 is 0 Å². The fourth-order valence-electron chi connectivity index (χ4n) is 4.66. The molecular weight excluding hydrogens is 582 g/mol. The highest BCUT2D eigenvalue weighted by molar-refractivity contribution is 7.97. The van der Waals surface area contributed by atoms with E-state index in [0.717, 1.165) is 12.3 Å². The van der Waals surface area contributed by atoms with Gasteiger partial charge in [-0.05, 0) is 66.5 Å². The van der Waals surface area contributed by atoms with Gasteiger partial charge in [0.2, 0.25) is 10.0 Å². The maximum atomic E-state index is 14.9. The number of pyridine rings is 1. The second-order valence-corrected chi connectivity index (χ2v) is 12.1. The van der Waals surface area contributed by atoms with Gasteiger partial charge in [0.1, 0.15) is 17.4 Å². The SMILES string of the molecule is C=C(NSc1cccc(NS(C)(=O)=O)c1)c1c(-c2ccc[nH]c2=O)c2cc(OC)ccc2n1Cc1ccc(F)cc1F. The summed E-state index contributed by atoms with van der Waals surface area (Å²) in [6.07, 6.45) is 2.59. The summed E-state index contributed by atoms with van der Waals surface area (Å²) in [6, 6.07) is 18.9. The third-order valence-electron chi connectivity index (χ3n) is 6.42. The largest absolute Gasteiger partial charge is 0.497 e. The Morgan fingerprint density at radius 2 is 1.88 bits per heavy atom. The fourth-order valence-corrected chi connectivity index (χ4v) is 5.88. The first-order valence-electron chi connectivity index (χ1n) is 12.6. The molecular formula is C30H26F2N4O4S2. The van der Waals surface area contributed by atoms with Crippen molar-refractivity contribution in [3.05, 3.63) is 119 Å². The van der Waals surface area contributed by atoms with Crippen LogP contribution in [0.25, 0.3) is 27.7 Å². The van der Waals surface area contributed by atoms with Crippen LogP contribution in [0, 0.1) is 11.6 Å². The van der Waals surface area contributed by atoms with Gasteiger partial charge in [-0.1, -0.05) is 18.7 Å². The molecule has 216 valence electrons. The third kappa shape index (κ3) is 6.19. The van der Waals surface area contributed by atoms with Crippen molar-refractivity contribution >= 4 is 44.3 Å². The number of halogens is 2. The number of sulfonamides is 1. The van der Waals surface area contributed by atoms with Gasteiger partial charge < -0.3 is 19.0 Å². The molecule has 0 saturated carbocycles. The lowest BCUT2D eigenvalue weighted by molar-refractivity contribution is 0.415. The minimum atomic E-state index is -3.47. The number of methoxy groups -OCH3 is 1. The highest BCUT2D eigenvalue weighted by atomic mass is 32.2. The molecule has 0 atom stereocenters. The van der Waals surface area contributed by atoms with Crippen LogP contribution >= 0.6 is 11.9 Å². The Kier molecular flexibility index (Phi) is 8.10. The van der Waals surface area contributed by atoms with Gasteiger partial charge in [-0.3, -0.25) is 9.52 Å².